The molecule has 0 aromatic heterocycles. The van der Waals surface area contributed by atoms with Crippen molar-refractivity contribution in [3.8, 4) is 5.75 Å². The third-order valence-electron chi connectivity index (χ3n) is 2.07. The summed E-state index contributed by atoms with van der Waals surface area (Å²) in [5.74, 6) is 0.390. The second-order valence-corrected chi connectivity index (χ2v) is 2.96. The van der Waals surface area contributed by atoms with E-state index in [9.17, 15) is 4.79 Å². The SMILES string of the molecule is COC(=O)c1ccc2c(c1)OCC=C2. The van der Waals surface area contributed by atoms with Crippen molar-refractivity contribution >= 4 is 12.0 Å². The first-order valence-electron chi connectivity index (χ1n) is 4.33. The zero-order valence-electron chi connectivity index (χ0n) is 7.82. The van der Waals surface area contributed by atoms with Crippen molar-refractivity contribution in [3.05, 3.63) is 35.4 Å². The molecular formula is C11H10O3. The predicted octanol–water partition coefficient (Wildman–Crippen LogP) is 1.88. The van der Waals surface area contributed by atoms with Gasteiger partial charge in [0, 0.05) is 5.56 Å². The van der Waals surface area contributed by atoms with Crippen molar-refractivity contribution < 1.29 is 14.3 Å². The van der Waals surface area contributed by atoms with Crippen LogP contribution in [0.4, 0.5) is 0 Å². The number of methoxy groups -OCH3 is 1. The summed E-state index contributed by atoms with van der Waals surface area (Å²) in [6, 6.07) is 5.27. The fraction of sp³-hybridized carbons (Fsp3) is 0.182. The number of carbonyl (C=O) groups is 1. The molecule has 72 valence electrons. The zero-order chi connectivity index (χ0) is 9.97. The van der Waals surface area contributed by atoms with E-state index in [1.807, 2.05) is 18.2 Å². The summed E-state index contributed by atoms with van der Waals surface area (Å²) in [6.07, 6.45) is 3.90. The molecule has 0 unspecified atom stereocenters. The Morgan fingerprint density at radius 3 is 3.14 bits per heavy atom. The van der Waals surface area contributed by atoms with E-state index in [0.717, 1.165) is 11.3 Å². The van der Waals surface area contributed by atoms with Gasteiger partial charge in [-0.05, 0) is 18.2 Å². The van der Waals surface area contributed by atoms with Gasteiger partial charge >= 0.3 is 5.97 Å². The molecule has 2 rings (SSSR count). The minimum absolute atomic E-state index is 0.342. The van der Waals surface area contributed by atoms with Crippen LogP contribution in [0.25, 0.3) is 6.08 Å². The third kappa shape index (κ3) is 1.48. The lowest BCUT2D eigenvalue weighted by Crippen LogP contribution is -2.05. The Bertz CT molecular complexity index is 394. The van der Waals surface area contributed by atoms with Crippen molar-refractivity contribution in [2.45, 2.75) is 0 Å². The fourth-order valence-corrected chi connectivity index (χ4v) is 1.35. The summed E-state index contributed by atoms with van der Waals surface area (Å²) < 4.78 is 9.98. The summed E-state index contributed by atoms with van der Waals surface area (Å²) in [4.78, 5) is 11.2. The van der Waals surface area contributed by atoms with Crippen molar-refractivity contribution in [1.82, 2.24) is 0 Å². The third-order valence-corrected chi connectivity index (χ3v) is 2.07. The highest BCUT2D eigenvalue weighted by atomic mass is 16.5. The highest BCUT2D eigenvalue weighted by molar-refractivity contribution is 5.90. The van der Waals surface area contributed by atoms with Gasteiger partial charge in [0.25, 0.3) is 0 Å². The topological polar surface area (TPSA) is 35.5 Å². The second kappa shape index (κ2) is 3.54. The van der Waals surface area contributed by atoms with Gasteiger partial charge in [-0.25, -0.2) is 4.79 Å². The second-order valence-electron chi connectivity index (χ2n) is 2.96. The van der Waals surface area contributed by atoms with Crippen molar-refractivity contribution in [2.24, 2.45) is 0 Å². The normalized spacial score (nSPS) is 12.9. The quantitative estimate of drug-likeness (QED) is 0.634. The molecule has 3 heteroatoms. The molecule has 0 bridgehead atoms. The molecule has 1 aromatic carbocycles. The standard InChI is InChI=1S/C11H10O3/c1-13-11(12)9-5-4-8-3-2-6-14-10(8)7-9/h2-5,7H,6H2,1H3. The van der Waals surface area contributed by atoms with E-state index in [0.29, 0.717) is 12.2 Å². The molecule has 3 nitrogen and oxygen atoms in total. The molecule has 0 radical (unpaired) electrons. The predicted molar refractivity (Wildman–Crippen MR) is 52.3 cm³/mol. The lowest BCUT2D eigenvalue weighted by atomic mass is 10.1. The lowest BCUT2D eigenvalue weighted by Gasteiger charge is -2.12. The lowest BCUT2D eigenvalue weighted by molar-refractivity contribution is 0.0600. The van der Waals surface area contributed by atoms with Crippen molar-refractivity contribution in [3.63, 3.8) is 0 Å². The van der Waals surface area contributed by atoms with Crippen molar-refractivity contribution in [2.75, 3.05) is 13.7 Å². The van der Waals surface area contributed by atoms with Gasteiger partial charge in [-0.15, -0.1) is 0 Å². The molecule has 0 saturated carbocycles. The highest BCUT2D eigenvalue weighted by Gasteiger charge is 2.10. The summed E-state index contributed by atoms with van der Waals surface area (Å²) in [5, 5.41) is 0. The van der Waals surface area contributed by atoms with Gasteiger partial charge in [0.1, 0.15) is 12.4 Å². The van der Waals surface area contributed by atoms with E-state index in [2.05, 4.69) is 4.74 Å². The van der Waals surface area contributed by atoms with Crippen LogP contribution < -0.4 is 4.74 Å². The Labute approximate surface area is 81.9 Å². The maximum Gasteiger partial charge on any atom is 0.337 e. The summed E-state index contributed by atoms with van der Waals surface area (Å²) >= 11 is 0. The molecule has 0 spiro atoms. The van der Waals surface area contributed by atoms with Crippen LogP contribution in [0, 0.1) is 0 Å². The first-order chi connectivity index (χ1) is 6.81. The zero-order valence-corrected chi connectivity index (χ0v) is 7.82. The van der Waals surface area contributed by atoms with E-state index in [1.165, 1.54) is 7.11 Å². The van der Waals surface area contributed by atoms with Crippen LogP contribution in [0.5, 0.6) is 5.75 Å². The highest BCUT2D eigenvalue weighted by Crippen LogP contribution is 2.24. The molecule has 0 amide bonds. The smallest absolute Gasteiger partial charge is 0.337 e. The van der Waals surface area contributed by atoms with E-state index in [4.69, 9.17) is 4.74 Å². The molecule has 0 saturated heterocycles. The number of esters is 1. The largest absolute Gasteiger partial charge is 0.489 e. The fourth-order valence-electron chi connectivity index (χ4n) is 1.35. The maximum absolute atomic E-state index is 11.2. The van der Waals surface area contributed by atoms with Crippen LogP contribution >= 0.6 is 0 Å². The Morgan fingerprint density at radius 2 is 2.36 bits per heavy atom. The molecule has 1 aliphatic heterocycles. The first kappa shape index (κ1) is 8.81. The molecule has 1 aromatic rings. The van der Waals surface area contributed by atoms with Crippen LogP contribution in [-0.2, 0) is 4.74 Å². The van der Waals surface area contributed by atoms with E-state index >= 15 is 0 Å². The first-order valence-corrected chi connectivity index (χ1v) is 4.33. The van der Waals surface area contributed by atoms with Gasteiger partial charge in [-0.1, -0.05) is 12.1 Å². The Morgan fingerprint density at radius 1 is 1.50 bits per heavy atom. The van der Waals surface area contributed by atoms with Gasteiger partial charge in [-0.3, -0.25) is 0 Å². The maximum atomic E-state index is 11.2. The average Bonchev–Trinajstić information content (AvgIpc) is 2.27. The summed E-state index contributed by atoms with van der Waals surface area (Å²) in [7, 11) is 1.36. The Balaban J connectivity index is 2.39. The Kier molecular flexibility index (Phi) is 2.23. The summed E-state index contributed by atoms with van der Waals surface area (Å²) in [5.41, 5.74) is 1.51. The number of ether oxygens (including phenoxy) is 2. The Hall–Kier alpha value is -1.77. The van der Waals surface area contributed by atoms with Gasteiger partial charge in [0.15, 0.2) is 0 Å². The van der Waals surface area contributed by atoms with Crippen molar-refractivity contribution in [1.29, 1.82) is 0 Å². The van der Waals surface area contributed by atoms with Gasteiger partial charge in [0.05, 0.1) is 12.7 Å². The van der Waals surface area contributed by atoms with E-state index in [1.54, 1.807) is 12.1 Å². The number of hydrogen-bond acceptors (Lipinski definition) is 3. The molecule has 14 heavy (non-hydrogen) atoms. The van der Waals surface area contributed by atoms with Crippen LogP contribution in [0.15, 0.2) is 24.3 Å². The number of hydrogen-bond donors (Lipinski definition) is 0. The van der Waals surface area contributed by atoms with Gasteiger partial charge in [0.2, 0.25) is 0 Å². The molecule has 0 fully saturated rings. The van der Waals surface area contributed by atoms with Crippen LogP contribution in [-0.4, -0.2) is 19.7 Å². The monoisotopic (exact) mass is 190 g/mol. The number of fused-ring (bicyclic) bond motifs is 1. The number of rotatable bonds is 1. The van der Waals surface area contributed by atoms with Gasteiger partial charge < -0.3 is 9.47 Å². The minimum atomic E-state index is -0.342. The number of carbonyl (C=O) groups excluding carboxylic acids is 1. The molecule has 0 atom stereocenters. The molecule has 1 aliphatic rings. The van der Waals surface area contributed by atoms with E-state index < -0.39 is 0 Å². The molecular weight excluding hydrogens is 180 g/mol. The number of benzene rings is 1. The minimum Gasteiger partial charge on any atom is -0.489 e. The van der Waals surface area contributed by atoms with E-state index in [-0.39, 0.29) is 5.97 Å². The summed E-state index contributed by atoms with van der Waals surface area (Å²) in [6.45, 7) is 0.553. The van der Waals surface area contributed by atoms with Crippen LogP contribution in [0.2, 0.25) is 0 Å². The molecule has 0 aliphatic carbocycles. The molecule has 1 heterocycles. The molecule has 0 N–H and O–H groups in total. The van der Waals surface area contributed by atoms with Gasteiger partial charge in [-0.2, -0.15) is 0 Å². The average molecular weight is 190 g/mol. The van der Waals surface area contributed by atoms with Crippen LogP contribution in [0.3, 0.4) is 0 Å². The van der Waals surface area contributed by atoms with Crippen LogP contribution in [0.1, 0.15) is 15.9 Å².